The van der Waals surface area contributed by atoms with Crippen LogP contribution in [0, 0.1) is 0 Å². The highest BCUT2D eigenvalue weighted by molar-refractivity contribution is 5.93. The maximum Gasteiger partial charge on any atom is 0.339 e. The molecule has 0 aromatic carbocycles. The molecule has 1 aliphatic carbocycles. The number of nitrogens with zero attached hydrogens (tertiary/aromatic N) is 1. The van der Waals surface area contributed by atoms with E-state index in [2.05, 4.69) is 10.3 Å². The van der Waals surface area contributed by atoms with Crippen molar-refractivity contribution >= 4 is 11.7 Å². The van der Waals surface area contributed by atoms with Gasteiger partial charge in [0.05, 0.1) is 5.69 Å². The van der Waals surface area contributed by atoms with Crippen molar-refractivity contribution in [1.29, 1.82) is 0 Å². The van der Waals surface area contributed by atoms with Gasteiger partial charge in [-0.25, -0.2) is 4.79 Å². The van der Waals surface area contributed by atoms with Crippen LogP contribution in [0.25, 0.3) is 0 Å². The van der Waals surface area contributed by atoms with Crippen molar-refractivity contribution in [2.24, 2.45) is 0 Å². The van der Waals surface area contributed by atoms with Crippen LogP contribution in [-0.2, 0) is 0 Å². The van der Waals surface area contributed by atoms with Crippen molar-refractivity contribution in [2.75, 3.05) is 5.32 Å². The molecular formula is C13H18N2O2. The Morgan fingerprint density at radius 3 is 2.65 bits per heavy atom. The van der Waals surface area contributed by atoms with Crippen LogP contribution in [0.3, 0.4) is 0 Å². The Kier molecular flexibility index (Phi) is 3.96. The monoisotopic (exact) mass is 234 g/mol. The zero-order chi connectivity index (χ0) is 12.1. The maximum atomic E-state index is 11.1. The fourth-order valence-electron chi connectivity index (χ4n) is 2.33. The number of nitrogens with one attached hydrogen (secondary N) is 1. The Bertz CT molecular complexity index is 385. The fourth-order valence-corrected chi connectivity index (χ4v) is 2.33. The zero-order valence-corrected chi connectivity index (χ0v) is 9.85. The van der Waals surface area contributed by atoms with E-state index in [0.717, 1.165) is 12.8 Å². The van der Waals surface area contributed by atoms with E-state index in [0.29, 0.717) is 11.7 Å². The summed E-state index contributed by atoms with van der Waals surface area (Å²) >= 11 is 0. The molecule has 1 fully saturated rings. The number of anilines is 1. The highest BCUT2D eigenvalue weighted by atomic mass is 16.4. The first-order chi connectivity index (χ1) is 8.27. The van der Waals surface area contributed by atoms with Crippen LogP contribution < -0.4 is 5.32 Å². The summed E-state index contributed by atoms with van der Waals surface area (Å²) in [5.41, 5.74) is 0.955. The van der Waals surface area contributed by atoms with Crippen molar-refractivity contribution in [3.63, 3.8) is 0 Å². The van der Waals surface area contributed by atoms with Crippen LogP contribution in [0.15, 0.2) is 18.5 Å². The van der Waals surface area contributed by atoms with Gasteiger partial charge in [0.2, 0.25) is 0 Å². The Morgan fingerprint density at radius 1 is 1.29 bits per heavy atom. The predicted octanol–water partition coefficient (Wildman–Crippen LogP) is 2.91. The van der Waals surface area contributed by atoms with Gasteiger partial charge in [0.25, 0.3) is 0 Å². The smallest absolute Gasteiger partial charge is 0.339 e. The minimum atomic E-state index is -0.922. The minimum absolute atomic E-state index is 0.261. The van der Waals surface area contributed by atoms with Crippen molar-refractivity contribution < 1.29 is 9.90 Å². The van der Waals surface area contributed by atoms with E-state index in [1.165, 1.54) is 31.9 Å². The average Bonchev–Trinajstić information content (AvgIpc) is 2.58. The van der Waals surface area contributed by atoms with Gasteiger partial charge < -0.3 is 10.4 Å². The molecule has 92 valence electrons. The summed E-state index contributed by atoms with van der Waals surface area (Å²) in [6.07, 6.45) is 10.3. The Morgan fingerprint density at radius 2 is 2.00 bits per heavy atom. The molecule has 17 heavy (non-hydrogen) atoms. The van der Waals surface area contributed by atoms with E-state index in [4.69, 9.17) is 5.11 Å². The molecule has 0 bridgehead atoms. The molecule has 0 aliphatic heterocycles. The van der Waals surface area contributed by atoms with Crippen LogP contribution in [0.5, 0.6) is 0 Å². The molecule has 2 N–H and O–H groups in total. The van der Waals surface area contributed by atoms with E-state index < -0.39 is 5.97 Å². The highest BCUT2D eigenvalue weighted by Crippen LogP contribution is 2.22. The third kappa shape index (κ3) is 3.19. The average molecular weight is 234 g/mol. The molecule has 1 aromatic rings. The lowest BCUT2D eigenvalue weighted by atomic mass is 10.1. The molecule has 1 aromatic heterocycles. The van der Waals surface area contributed by atoms with E-state index in [9.17, 15) is 4.79 Å². The maximum absolute atomic E-state index is 11.1. The quantitative estimate of drug-likeness (QED) is 0.789. The van der Waals surface area contributed by atoms with E-state index in [1.54, 1.807) is 12.3 Å². The SMILES string of the molecule is O=C(O)c1cnccc1NC1CCCCCC1. The minimum Gasteiger partial charge on any atom is -0.478 e. The molecule has 0 unspecified atom stereocenters. The predicted molar refractivity (Wildman–Crippen MR) is 66.3 cm³/mol. The molecule has 0 radical (unpaired) electrons. The molecule has 1 heterocycles. The summed E-state index contributed by atoms with van der Waals surface area (Å²) in [5, 5.41) is 12.4. The summed E-state index contributed by atoms with van der Waals surface area (Å²) in [6, 6.07) is 2.15. The van der Waals surface area contributed by atoms with Crippen LogP contribution in [0.1, 0.15) is 48.9 Å². The third-order valence-electron chi connectivity index (χ3n) is 3.27. The van der Waals surface area contributed by atoms with Gasteiger partial charge in [-0.15, -0.1) is 0 Å². The summed E-state index contributed by atoms with van der Waals surface area (Å²) in [7, 11) is 0. The molecular weight excluding hydrogens is 216 g/mol. The summed E-state index contributed by atoms with van der Waals surface area (Å²) in [6.45, 7) is 0. The Balaban J connectivity index is 2.09. The van der Waals surface area contributed by atoms with Crippen LogP contribution in [-0.4, -0.2) is 22.1 Å². The van der Waals surface area contributed by atoms with Crippen LogP contribution in [0.4, 0.5) is 5.69 Å². The van der Waals surface area contributed by atoms with E-state index >= 15 is 0 Å². The van der Waals surface area contributed by atoms with Gasteiger partial charge in [0, 0.05) is 18.4 Å². The first kappa shape index (κ1) is 11.9. The van der Waals surface area contributed by atoms with Crippen molar-refractivity contribution in [1.82, 2.24) is 4.98 Å². The lowest BCUT2D eigenvalue weighted by Crippen LogP contribution is -2.20. The number of carboxylic acids is 1. The van der Waals surface area contributed by atoms with Gasteiger partial charge in [0.1, 0.15) is 5.56 Å². The number of aromatic carboxylic acids is 1. The van der Waals surface area contributed by atoms with Gasteiger partial charge >= 0.3 is 5.97 Å². The number of hydrogen-bond donors (Lipinski definition) is 2. The number of aromatic nitrogens is 1. The first-order valence-corrected chi connectivity index (χ1v) is 6.21. The van der Waals surface area contributed by atoms with Gasteiger partial charge in [-0.2, -0.15) is 0 Å². The molecule has 1 aliphatic rings. The van der Waals surface area contributed by atoms with Crippen molar-refractivity contribution in [3.05, 3.63) is 24.0 Å². The highest BCUT2D eigenvalue weighted by Gasteiger charge is 2.15. The molecule has 0 atom stereocenters. The standard InChI is InChI=1S/C13H18N2O2/c16-13(17)11-9-14-8-7-12(11)15-10-5-3-1-2-4-6-10/h7-10H,1-6H2,(H,14,15)(H,16,17). The molecule has 0 spiro atoms. The Hall–Kier alpha value is -1.58. The first-order valence-electron chi connectivity index (χ1n) is 6.21. The zero-order valence-electron chi connectivity index (χ0n) is 9.85. The van der Waals surface area contributed by atoms with Crippen LogP contribution in [0.2, 0.25) is 0 Å². The molecule has 2 rings (SSSR count). The second kappa shape index (κ2) is 5.66. The normalized spacial score (nSPS) is 17.4. The lowest BCUT2D eigenvalue weighted by molar-refractivity contribution is 0.0697. The Labute approximate surface area is 101 Å². The van der Waals surface area contributed by atoms with Gasteiger partial charge in [-0.3, -0.25) is 4.98 Å². The number of hydrogen-bond acceptors (Lipinski definition) is 3. The van der Waals surface area contributed by atoms with Gasteiger partial charge in [0.15, 0.2) is 0 Å². The van der Waals surface area contributed by atoms with Crippen LogP contribution >= 0.6 is 0 Å². The molecule has 0 amide bonds. The lowest BCUT2D eigenvalue weighted by Gasteiger charge is -2.18. The summed E-state index contributed by atoms with van der Waals surface area (Å²) < 4.78 is 0. The fraction of sp³-hybridized carbons (Fsp3) is 0.538. The topological polar surface area (TPSA) is 62.2 Å². The molecule has 4 heteroatoms. The van der Waals surface area contributed by atoms with Gasteiger partial charge in [-0.05, 0) is 18.9 Å². The number of carboxylic acid groups (broad SMARTS) is 1. The molecule has 1 saturated carbocycles. The van der Waals surface area contributed by atoms with E-state index in [-0.39, 0.29) is 5.56 Å². The van der Waals surface area contributed by atoms with Crippen molar-refractivity contribution in [2.45, 2.75) is 44.6 Å². The largest absolute Gasteiger partial charge is 0.478 e. The number of carbonyl (C=O) groups is 1. The van der Waals surface area contributed by atoms with E-state index in [1.807, 2.05) is 0 Å². The van der Waals surface area contributed by atoms with Gasteiger partial charge in [-0.1, -0.05) is 25.7 Å². The summed E-state index contributed by atoms with van der Waals surface area (Å²) in [5.74, 6) is -0.922. The second-order valence-corrected chi connectivity index (χ2v) is 4.56. The number of rotatable bonds is 3. The number of pyridine rings is 1. The second-order valence-electron chi connectivity index (χ2n) is 4.56. The molecule has 0 saturated heterocycles. The van der Waals surface area contributed by atoms with Crippen molar-refractivity contribution in [3.8, 4) is 0 Å². The third-order valence-corrected chi connectivity index (χ3v) is 3.27. The molecule has 4 nitrogen and oxygen atoms in total. The summed E-state index contributed by atoms with van der Waals surface area (Å²) in [4.78, 5) is 14.9.